The van der Waals surface area contributed by atoms with Gasteiger partial charge in [-0.05, 0) is 41.3 Å². The molecule has 1 heterocycles. The van der Waals surface area contributed by atoms with Crippen LogP contribution in [0.3, 0.4) is 0 Å². The SMILES string of the molecule is COC1=NC(C(C)C)C(OC)=NC1C[C@H](C)CCO[Si](C(C)C)(C(C)C)C(C)C. The Hall–Kier alpha value is -0.883. The van der Waals surface area contributed by atoms with Gasteiger partial charge in [-0.1, -0.05) is 62.3 Å². The highest BCUT2D eigenvalue weighted by atomic mass is 28.4. The molecule has 29 heavy (non-hydrogen) atoms. The molecule has 5 nitrogen and oxygen atoms in total. The minimum Gasteiger partial charge on any atom is -0.483 e. The zero-order valence-corrected chi connectivity index (χ0v) is 21.8. The van der Waals surface area contributed by atoms with Crippen LogP contribution < -0.4 is 0 Å². The van der Waals surface area contributed by atoms with Crippen molar-refractivity contribution in [2.45, 2.75) is 104 Å². The molecule has 1 aliphatic heterocycles. The predicted molar refractivity (Wildman–Crippen MR) is 127 cm³/mol. The fourth-order valence-electron chi connectivity index (χ4n) is 4.95. The van der Waals surface area contributed by atoms with E-state index in [0.29, 0.717) is 28.5 Å². The largest absolute Gasteiger partial charge is 0.483 e. The minimum atomic E-state index is -1.80. The summed E-state index contributed by atoms with van der Waals surface area (Å²) in [6.07, 6.45) is 1.92. The highest BCUT2D eigenvalue weighted by Crippen LogP contribution is 2.42. The van der Waals surface area contributed by atoms with Crippen LogP contribution in [0.2, 0.25) is 16.6 Å². The van der Waals surface area contributed by atoms with Gasteiger partial charge >= 0.3 is 0 Å². The monoisotopic (exact) mass is 426 g/mol. The molecule has 0 bridgehead atoms. The number of ether oxygens (including phenoxy) is 2. The number of aliphatic imine (C=N–C) groups is 2. The molecule has 3 atom stereocenters. The van der Waals surface area contributed by atoms with E-state index in [9.17, 15) is 0 Å². The lowest BCUT2D eigenvalue weighted by molar-refractivity contribution is 0.244. The summed E-state index contributed by atoms with van der Waals surface area (Å²) in [6, 6.07) is -0.123. The molecule has 1 rings (SSSR count). The van der Waals surface area contributed by atoms with Crippen LogP contribution in [0.15, 0.2) is 9.98 Å². The van der Waals surface area contributed by atoms with Gasteiger partial charge in [0.25, 0.3) is 0 Å². The molecule has 0 aromatic carbocycles. The van der Waals surface area contributed by atoms with Crippen molar-refractivity contribution in [1.29, 1.82) is 0 Å². The standard InChI is InChI=1S/C23H46N2O3Si/c1-15(2)21-23(27-11)24-20(22(25-21)26-10)14-19(9)12-13-28-29(16(3)4,17(5)6)18(7)8/h15-21H,12-14H2,1-11H3/t19-,20?,21?/m1/s1. The Bertz CT molecular complexity index is 537. The second-order valence-electron chi connectivity index (χ2n) is 9.84. The van der Waals surface area contributed by atoms with Crippen LogP contribution in [0.5, 0.6) is 0 Å². The summed E-state index contributed by atoms with van der Waals surface area (Å²) in [7, 11) is 1.58. The normalized spacial score (nSPS) is 21.6. The molecular formula is C23H46N2O3Si. The second kappa shape index (κ2) is 11.5. The highest BCUT2D eigenvalue weighted by Gasteiger charge is 2.45. The number of nitrogens with zero attached hydrogens (tertiary/aromatic N) is 2. The molecular weight excluding hydrogens is 380 g/mol. The molecule has 0 aliphatic carbocycles. The van der Waals surface area contributed by atoms with E-state index in [1.54, 1.807) is 14.2 Å². The van der Waals surface area contributed by atoms with Crippen molar-refractivity contribution in [2.75, 3.05) is 20.8 Å². The Morgan fingerprint density at radius 1 is 0.793 bits per heavy atom. The third kappa shape index (κ3) is 6.30. The molecule has 0 N–H and O–H groups in total. The van der Waals surface area contributed by atoms with E-state index in [4.69, 9.17) is 23.9 Å². The first kappa shape index (κ1) is 26.2. The summed E-state index contributed by atoms with van der Waals surface area (Å²) >= 11 is 0. The first-order chi connectivity index (χ1) is 13.5. The van der Waals surface area contributed by atoms with Crippen LogP contribution in [0.4, 0.5) is 0 Å². The lowest BCUT2D eigenvalue weighted by Crippen LogP contribution is -2.48. The minimum absolute atomic E-state index is 0.0559. The van der Waals surface area contributed by atoms with Gasteiger partial charge in [-0.25, -0.2) is 9.98 Å². The van der Waals surface area contributed by atoms with E-state index in [0.717, 1.165) is 31.2 Å². The van der Waals surface area contributed by atoms with E-state index in [1.165, 1.54) is 0 Å². The van der Waals surface area contributed by atoms with Crippen LogP contribution in [-0.2, 0) is 13.9 Å². The summed E-state index contributed by atoms with van der Waals surface area (Å²) in [5.74, 6) is 2.25. The number of hydrogen-bond acceptors (Lipinski definition) is 5. The van der Waals surface area contributed by atoms with Crippen molar-refractivity contribution in [3.63, 3.8) is 0 Å². The molecule has 0 radical (unpaired) electrons. The van der Waals surface area contributed by atoms with E-state index in [1.807, 2.05) is 0 Å². The van der Waals surface area contributed by atoms with Crippen molar-refractivity contribution in [1.82, 2.24) is 0 Å². The second-order valence-corrected chi connectivity index (χ2v) is 15.3. The Kier molecular flexibility index (Phi) is 10.4. The Balaban J connectivity index is 2.77. The van der Waals surface area contributed by atoms with Crippen LogP contribution in [0, 0.1) is 11.8 Å². The van der Waals surface area contributed by atoms with Crippen LogP contribution in [-0.4, -0.2) is 53.0 Å². The average Bonchev–Trinajstić information content (AvgIpc) is 2.63. The first-order valence-electron chi connectivity index (χ1n) is 11.4. The van der Waals surface area contributed by atoms with Gasteiger partial charge in [0, 0.05) is 6.61 Å². The molecule has 0 aromatic rings. The summed E-state index contributed by atoms with van der Waals surface area (Å²) in [4.78, 5) is 9.63. The molecule has 170 valence electrons. The van der Waals surface area contributed by atoms with Gasteiger partial charge in [-0.2, -0.15) is 0 Å². The summed E-state index contributed by atoms with van der Waals surface area (Å²) in [6.45, 7) is 21.4. The Morgan fingerprint density at radius 2 is 1.31 bits per heavy atom. The number of rotatable bonds is 10. The summed E-state index contributed by atoms with van der Waals surface area (Å²) in [5, 5.41) is 0. The van der Waals surface area contributed by atoms with E-state index in [-0.39, 0.29) is 12.1 Å². The smallest absolute Gasteiger partial charge is 0.209 e. The third-order valence-corrected chi connectivity index (χ3v) is 12.6. The third-order valence-electron chi connectivity index (χ3n) is 6.43. The molecule has 6 heteroatoms. The molecule has 2 unspecified atom stereocenters. The van der Waals surface area contributed by atoms with Gasteiger partial charge in [0.05, 0.1) is 14.2 Å². The average molecular weight is 427 g/mol. The topological polar surface area (TPSA) is 52.4 Å². The zero-order chi connectivity index (χ0) is 22.4. The van der Waals surface area contributed by atoms with Crippen molar-refractivity contribution in [2.24, 2.45) is 21.8 Å². The molecule has 0 spiro atoms. The lowest BCUT2D eigenvalue weighted by Gasteiger charge is -2.42. The molecule has 0 saturated carbocycles. The Labute approximate surface area is 180 Å². The highest BCUT2D eigenvalue weighted by molar-refractivity contribution is 6.77. The van der Waals surface area contributed by atoms with Gasteiger partial charge in [-0.3, -0.25) is 0 Å². The Morgan fingerprint density at radius 3 is 1.72 bits per heavy atom. The number of methoxy groups -OCH3 is 2. The number of hydrogen-bond donors (Lipinski definition) is 0. The van der Waals surface area contributed by atoms with Gasteiger partial charge in [0.1, 0.15) is 12.1 Å². The van der Waals surface area contributed by atoms with Crippen LogP contribution in [0.1, 0.15) is 75.2 Å². The van der Waals surface area contributed by atoms with Crippen molar-refractivity contribution in [3.05, 3.63) is 0 Å². The molecule has 0 fully saturated rings. The van der Waals surface area contributed by atoms with E-state index < -0.39 is 8.32 Å². The van der Waals surface area contributed by atoms with Gasteiger partial charge in [0.2, 0.25) is 11.8 Å². The van der Waals surface area contributed by atoms with E-state index >= 15 is 0 Å². The molecule has 1 aliphatic rings. The fourth-order valence-corrected chi connectivity index (χ4v) is 10.4. The first-order valence-corrected chi connectivity index (χ1v) is 13.5. The van der Waals surface area contributed by atoms with Crippen molar-refractivity contribution >= 4 is 20.1 Å². The maximum atomic E-state index is 6.73. The van der Waals surface area contributed by atoms with Gasteiger partial charge in [0.15, 0.2) is 8.32 Å². The van der Waals surface area contributed by atoms with Gasteiger partial charge < -0.3 is 13.9 Å². The van der Waals surface area contributed by atoms with E-state index in [2.05, 4.69) is 62.3 Å². The summed E-state index contributed by atoms with van der Waals surface area (Å²) in [5.41, 5.74) is 1.85. The predicted octanol–water partition coefficient (Wildman–Crippen LogP) is 6.09. The molecule has 0 saturated heterocycles. The maximum absolute atomic E-state index is 6.73. The van der Waals surface area contributed by atoms with Crippen molar-refractivity contribution in [3.8, 4) is 0 Å². The maximum Gasteiger partial charge on any atom is 0.209 e. The molecule has 0 aromatic heterocycles. The fraction of sp³-hybridized carbons (Fsp3) is 0.913. The van der Waals surface area contributed by atoms with Crippen LogP contribution in [0.25, 0.3) is 0 Å². The zero-order valence-electron chi connectivity index (χ0n) is 20.8. The quantitative estimate of drug-likeness (QED) is 0.397. The van der Waals surface area contributed by atoms with Gasteiger partial charge in [-0.15, -0.1) is 0 Å². The lowest BCUT2D eigenvalue weighted by atomic mass is 9.96. The van der Waals surface area contributed by atoms with Crippen LogP contribution >= 0.6 is 0 Å². The van der Waals surface area contributed by atoms with Crippen molar-refractivity contribution < 1.29 is 13.9 Å². The summed E-state index contributed by atoms with van der Waals surface area (Å²) < 4.78 is 17.9. The molecule has 0 amide bonds.